The molecule has 2 aromatic carbocycles. The van der Waals surface area contributed by atoms with Crippen molar-refractivity contribution in [2.75, 3.05) is 23.0 Å². The first-order valence-corrected chi connectivity index (χ1v) is 17.9. The van der Waals surface area contributed by atoms with E-state index in [-0.39, 0.29) is 50.3 Å². The van der Waals surface area contributed by atoms with Gasteiger partial charge in [0.25, 0.3) is 0 Å². The second kappa shape index (κ2) is 13.3. The standard InChI is InChI=1S/2C19H17F3N2O5/c1-17-12(26)8-18(29-17,5-6-25)14-13(17)15(27)24(16(14)28)9-3-4-11(23-2)10(7-9)19(20,21)22;1-17-12(26)7-18(29-17,4-5-25)14-13(17)15(27)24(16(14)28)10-3-2-9(8-23)11(6-10)19(20,21)22/h3-4,7,12-14,25-26H,5-6,8H2,1H3;2-3,6,12-14,25-26H,4-5,7H2,1H3/t2*12-,13-,14+,17?,18?/m10/s1. The van der Waals surface area contributed by atoms with E-state index in [9.17, 15) is 65.9 Å². The number of carbonyl (C=O) groups excluding carboxylic acids is 4. The van der Waals surface area contributed by atoms with Crippen LogP contribution in [0.15, 0.2) is 36.4 Å². The van der Waals surface area contributed by atoms with E-state index in [1.165, 1.54) is 19.9 Å². The Morgan fingerprint density at radius 2 is 1.14 bits per heavy atom. The van der Waals surface area contributed by atoms with E-state index in [1.807, 2.05) is 0 Å². The Labute approximate surface area is 325 Å². The molecule has 0 aliphatic carbocycles. The van der Waals surface area contributed by atoms with Gasteiger partial charge in [-0.05, 0) is 44.2 Å². The molecule has 308 valence electrons. The number of imide groups is 2. The number of carbonyl (C=O) groups is 4. The first-order valence-electron chi connectivity index (χ1n) is 17.9. The first-order chi connectivity index (χ1) is 27.0. The molecular weight excluding hydrogens is 786 g/mol. The van der Waals surface area contributed by atoms with Gasteiger partial charge in [0.1, 0.15) is 11.2 Å². The van der Waals surface area contributed by atoms with Crippen LogP contribution in [0.3, 0.4) is 0 Å². The van der Waals surface area contributed by atoms with Crippen molar-refractivity contribution in [1.82, 2.24) is 0 Å². The van der Waals surface area contributed by atoms with E-state index < -0.39 is 117 Å². The van der Waals surface area contributed by atoms with Crippen molar-refractivity contribution in [1.29, 1.82) is 5.26 Å². The average Bonchev–Trinajstić information content (AvgIpc) is 3.89. The molecular formula is C38H34F6N4O10. The Kier molecular flexibility index (Phi) is 9.43. The van der Waals surface area contributed by atoms with Gasteiger partial charge in [-0.1, -0.05) is 6.07 Å². The zero-order valence-corrected chi connectivity index (χ0v) is 30.5. The lowest BCUT2D eigenvalue weighted by atomic mass is 9.66. The zero-order chi connectivity index (χ0) is 42.7. The Bertz CT molecular complexity index is 2070. The molecule has 0 aromatic heterocycles. The number of ether oxygens (including phenoxy) is 2. The molecule has 2 aromatic rings. The van der Waals surface area contributed by atoms with Gasteiger partial charge in [-0.3, -0.25) is 19.2 Å². The van der Waals surface area contributed by atoms with Crippen LogP contribution < -0.4 is 9.80 Å². The largest absolute Gasteiger partial charge is 0.417 e. The van der Waals surface area contributed by atoms with E-state index in [1.54, 1.807) is 0 Å². The normalized spacial score (nSPS) is 35.9. The van der Waals surface area contributed by atoms with Crippen LogP contribution in [-0.4, -0.2) is 91.9 Å². The Hall–Kier alpha value is -4.96. The van der Waals surface area contributed by atoms with Crippen LogP contribution >= 0.6 is 0 Å². The maximum Gasteiger partial charge on any atom is 0.417 e. The summed E-state index contributed by atoms with van der Waals surface area (Å²) in [7, 11) is 0. The molecule has 4 bridgehead atoms. The number of nitrogens with zero attached hydrogens (tertiary/aromatic N) is 4. The van der Waals surface area contributed by atoms with Gasteiger partial charge in [0.15, 0.2) is 5.69 Å². The molecule has 58 heavy (non-hydrogen) atoms. The Morgan fingerprint density at radius 3 is 1.52 bits per heavy atom. The highest BCUT2D eigenvalue weighted by Gasteiger charge is 2.78. The lowest BCUT2D eigenvalue weighted by Crippen LogP contribution is -2.49. The van der Waals surface area contributed by atoms with Gasteiger partial charge < -0.3 is 29.9 Å². The van der Waals surface area contributed by atoms with Crippen molar-refractivity contribution in [3.05, 3.63) is 64.5 Å². The average molecular weight is 821 g/mol. The number of alkyl halides is 6. The fraction of sp³-hybridized carbons (Fsp3) is 0.526. The number of halogens is 6. The molecule has 14 nitrogen and oxygen atoms in total. The number of fused-ring (bicyclic) bond motifs is 10. The topological polar surface area (TPSA) is 202 Å². The quantitative estimate of drug-likeness (QED) is 0.189. The van der Waals surface area contributed by atoms with Crippen LogP contribution in [0.1, 0.15) is 56.2 Å². The van der Waals surface area contributed by atoms with Crippen LogP contribution in [0.4, 0.5) is 43.4 Å². The summed E-state index contributed by atoms with van der Waals surface area (Å²) in [6, 6.07) is 6.75. The summed E-state index contributed by atoms with van der Waals surface area (Å²) in [5.74, 6) is -7.15. The lowest BCUT2D eigenvalue weighted by molar-refractivity contribution is -0.138. The number of aliphatic hydroxyl groups is 4. The first kappa shape index (κ1) is 41.2. The van der Waals surface area contributed by atoms with Crippen LogP contribution in [0.2, 0.25) is 0 Å². The van der Waals surface area contributed by atoms with E-state index in [4.69, 9.17) is 21.3 Å². The van der Waals surface area contributed by atoms with Gasteiger partial charge >= 0.3 is 12.4 Å². The molecule has 4 unspecified atom stereocenters. The van der Waals surface area contributed by atoms with E-state index >= 15 is 0 Å². The summed E-state index contributed by atoms with van der Waals surface area (Å²) in [4.78, 5) is 56.7. The van der Waals surface area contributed by atoms with E-state index in [2.05, 4.69) is 4.85 Å². The van der Waals surface area contributed by atoms with Crippen LogP contribution in [0.25, 0.3) is 4.85 Å². The van der Waals surface area contributed by atoms with Gasteiger partial charge in [-0.25, -0.2) is 14.6 Å². The molecule has 4 N–H and O–H groups in total. The fourth-order valence-corrected chi connectivity index (χ4v) is 10.1. The van der Waals surface area contributed by atoms with Crippen molar-refractivity contribution in [3.63, 3.8) is 0 Å². The fourth-order valence-electron chi connectivity index (χ4n) is 10.1. The van der Waals surface area contributed by atoms with Crippen molar-refractivity contribution in [2.24, 2.45) is 23.7 Å². The summed E-state index contributed by atoms with van der Waals surface area (Å²) in [5, 5.41) is 48.6. The predicted molar refractivity (Wildman–Crippen MR) is 182 cm³/mol. The van der Waals surface area contributed by atoms with Crippen LogP contribution in [-0.2, 0) is 41.0 Å². The number of nitriles is 1. The molecule has 20 heteroatoms. The third-order valence-electron chi connectivity index (χ3n) is 12.6. The molecule has 0 radical (unpaired) electrons. The molecule has 8 rings (SSSR count). The summed E-state index contributed by atoms with van der Waals surface area (Å²) in [6.45, 7) is 9.23. The summed E-state index contributed by atoms with van der Waals surface area (Å²) in [5.41, 5.74) is -9.57. The highest BCUT2D eigenvalue weighted by atomic mass is 19.4. The molecule has 6 aliphatic heterocycles. The third-order valence-corrected chi connectivity index (χ3v) is 12.6. The lowest BCUT2D eigenvalue weighted by Gasteiger charge is -2.33. The minimum absolute atomic E-state index is 0.00878. The van der Waals surface area contributed by atoms with Crippen LogP contribution in [0, 0.1) is 41.6 Å². The maximum atomic E-state index is 13.3. The molecule has 6 fully saturated rings. The summed E-state index contributed by atoms with van der Waals surface area (Å²) in [6.07, 6.45) is -11.7. The number of hydrogen-bond donors (Lipinski definition) is 4. The molecule has 6 saturated heterocycles. The predicted octanol–water partition coefficient (Wildman–Crippen LogP) is 3.39. The number of benzene rings is 2. The monoisotopic (exact) mass is 820 g/mol. The number of hydrogen-bond acceptors (Lipinski definition) is 11. The van der Waals surface area contributed by atoms with Gasteiger partial charge in [-0.15, -0.1) is 0 Å². The molecule has 6 aliphatic rings. The highest BCUT2D eigenvalue weighted by Crippen LogP contribution is 2.64. The third kappa shape index (κ3) is 5.60. The number of aliphatic hydroxyl groups excluding tert-OH is 4. The number of amides is 4. The highest BCUT2D eigenvalue weighted by molar-refractivity contribution is 6.24. The molecule has 10 atom stereocenters. The molecule has 0 saturated carbocycles. The van der Waals surface area contributed by atoms with Gasteiger partial charge in [0.05, 0.1) is 82.1 Å². The smallest absolute Gasteiger partial charge is 0.396 e. The number of rotatable bonds is 6. The SMILES string of the molecule is CC12OC(CCO)(C[C@@H]1O)[C@H]1C(=O)N(c3ccc(C#N)c(C(F)(F)F)c3)C(=O)[C@H]12.[C-]#[N+]c1ccc(N2C(=O)[C@@H]3[C@H](C2=O)C2(C)OC3(CCO)C[C@H]2O)cc1C(F)(F)F. The minimum atomic E-state index is -4.84. The molecule has 4 amide bonds. The molecule has 0 spiro atoms. The van der Waals surface area contributed by atoms with Crippen molar-refractivity contribution in [2.45, 2.75) is 86.5 Å². The van der Waals surface area contributed by atoms with Crippen LogP contribution in [0.5, 0.6) is 0 Å². The maximum absolute atomic E-state index is 13.3. The van der Waals surface area contributed by atoms with E-state index in [0.29, 0.717) is 21.9 Å². The van der Waals surface area contributed by atoms with Gasteiger partial charge in [0, 0.05) is 44.6 Å². The molecule has 6 heterocycles. The second-order valence-electron chi connectivity index (χ2n) is 15.7. The second-order valence-corrected chi connectivity index (χ2v) is 15.7. The zero-order valence-electron chi connectivity index (χ0n) is 30.5. The summed E-state index contributed by atoms with van der Waals surface area (Å²) < 4.78 is 91.7. The van der Waals surface area contributed by atoms with Crippen molar-refractivity contribution < 1.29 is 75.4 Å². The van der Waals surface area contributed by atoms with Crippen molar-refractivity contribution >= 4 is 40.7 Å². The van der Waals surface area contributed by atoms with Gasteiger partial charge in [-0.2, -0.15) is 31.6 Å². The Morgan fingerprint density at radius 1 is 0.741 bits per heavy atom. The van der Waals surface area contributed by atoms with E-state index in [0.717, 1.165) is 24.3 Å². The number of anilines is 2. The Balaban J connectivity index is 0.000000177. The minimum Gasteiger partial charge on any atom is -0.396 e. The summed E-state index contributed by atoms with van der Waals surface area (Å²) >= 11 is 0. The van der Waals surface area contributed by atoms with Gasteiger partial charge in [0.2, 0.25) is 23.6 Å². The van der Waals surface area contributed by atoms with Crippen molar-refractivity contribution in [3.8, 4) is 6.07 Å².